The first-order chi connectivity index (χ1) is 10.8. The molecule has 0 radical (unpaired) electrons. The quantitative estimate of drug-likeness (QED) is 0.834. The van der Waals surface area contributed by atoms with E-state index in [9.17, 15) is 4.79 Å². The number of hydrogen-bond donors (Lipinski definition) is 2. The van der Waals surface area contributed by atoms with Crippen molar-refractivity contribution in [2.45, 2.75) is 42.4 Å². The molecule has 6 heteroatoms. The Bertz CT molecular complexity index is 654. The second kappa shape index (κ2) is 8.43. The fourth-order valence-electron chi connectivity index (χ4n) is 2.66. The molecule has 1 saturated carbocycles. The molecule has 124 valence electrons. The van der Waals surface area contributed by atoms with Crippen LogP contribution in [0.1, 0.15) is 41.8 Å². The van der Waals surface area contributed by atoms with E-state index in [-0.39, 0.29) is 18.3 Å². The summed E-state index contributed by atoms with van der Waals surface area (Å²) in [5, 5.41) is 3.64. The summed E-state index contributed by atoms with van der Waals surface area (Å²) >= 11 is 1.87. The van der Waals surface area contributed by atoms with Crippen LogP contribution in [-0.4, -0.2) is 11.2 Å². The summed E-state index contributed by atoms with van der Waals surface area (Å²) in [4.78, 5) is 13.4. The van der Waals surface area contributed by atoms with E-state index >= 15 is 0 Å². The van der Waals surface area contributed by atoms with Gasteiger partial charge in [-0.15, -0.1) is 24.2 Å². The van der Waals surface area contributed by atoms with Crippen molar-refractivity contribution in [3.8, 4) is 0 Å². The zero-order valence-corrected chi connectivity index (χ0v) is 14.4. The molecule has 0 atom stereocenters. The molecule has 1 amide bonds. The predicted molar refractivity (Wildman–Crippen MR) is 96.4 cm³/mol. The van der Waals surface area contributed by atoms with Crippen molar-refractivity contribution in [2.24, 2.45) is 5.73 Å². The second-order valence-electron chi connectivity index (χ2n) is 5.48. The first kappa shape index (κ1) is 17.9. The number of nitrogens with two attached hydrogens (primary N) is 1. The minimum absolute atomic E-state index is 0. The van der Waals surface area contributed by atoms with Gasteiger partial charge in [0.25, 0.3) is 5.91 Å². The normalized spacial score (nSPS) is 14.5. The minimum Gasteiger partial charge on any atom is -0.467 e. The third kappa shape index (κ3) is 4.53. The Morgan fingerprint density at radius 3 is 2.74 bits per heavy atom. The summed E-state index contributed by atoms with van der Waals surface area (Å²) in [6, 6.07) is 9.65. The van der Waals surface area contributed by atoms with Crippen molar-refractivity contribution in [2.75, 3.05) is 5.32 Å². The fourth-order valence-corrected chi connectivity index (χ4v) is 3.99. The Kier molecular flexibility index (Phi) is 6.57. The minimum atomic E-state index is -0.164. The smallest absolute Gasteiger partial charge is 0.258 e. The molecule has 0 unspecified atom stereocenters. The fraction of sp³-hybridized carbons (Fsp3) is 0.353. The number of thioether (sulfide) groups is 1. The Morgan fingerprint density at radius 2 is 2.04 bits per heavy atom. The van der Waals surface area contributed by atoms with Gasteiger partial charge in [-0.1, -0.05) is 25.0 Å². The van der Waals surface area contributed by atoms with Gasteiger partial charge in [-0.25, -0.2) is 0 Å². The van der Waals surface area contributed by atoms with Gasteiger partial charge in [-0.05, 0) is 31.0 Å². The van der Waals surface area contributed by atoms with E-state index in [4.69, 9.17) is 10.2 Å². The number of carbonyl (C=O) groups is 1. The summed E-state index contributed by atoms with van der Waals surface area (Å²) < 4.78 is 5.22. The van der Waals surface area contributed by atoms with E-state index in [1.54, 1.807) is 6.07 Å². The van der Waals surface area contributed by atoms with Crippen molar-refractivity contribution in [3.63, 3.8) is 0 Å². The van der Waals surface area contributed by atoms with Crippen LogP contribution in [0.3, 0.4) is 0 Å². The zero-order chi connectivity index (χ0) is 15.4. The zero-order valence-electron chi connectivity index (χ0n) is 12.8. The number of anilines is 1. The van der Waals surface area contributed by atoms with E-state index in [1.165, 1.54) is 31.9 Å². The van der Waals surface area contributed by atoms with Crippen LogP contribution in [0.2, 0.25) is 0 Å². The lowest BCUT2D eigenvalue weighted by molar-refractivity contribution is 0.102. The number of amides is 1. The van der Waals surface area contributed by atoms with Gasteiger partial charge in [0.1, 0.15) is 12.0 Å². The molecule has 0 aliphatic heterocycles. The van der Waals surface area contributed by atoms with Crippen molar-refractivity contribution < 1.29 is 9.21 Å². The Hall–Kier alpha value is -1.43. The average molecular weight is 353 g/mol. The molecule has 1 aromatic heterocycles. The molecule has 1 heterocycles. The molecule has 23 heavy (non-hydrogen) atoms. The molecule has 0 spiro atoms. The van der Waals surface area contributed by atoms with Gasteiger partial charge in [0.15, 0.2) is 0 Å². The molecule has 1 aliphatic carbocycles. The van der Waals surface area contributed by atoms with Gasteiger partial charge < -0.3 is 15.5 Å². The van der Waals surface area contributed by atoms with Crippen LogP contribution in [0.5, 0.6) is 0 Å². The summed E-state index contributed by atoms with van der Waals surface area (Å²) in [5.41, 5.74) is 6.86. The molecular formula is C17H21ClN2O2S. The van der Waals surface area contributed by atoms with E-state index in [0.29, 0.717) is 23.1 Å². The van der Waals surface area contributed by atoms with Crippen LogP contribution >= 0.6 is 24.2 Å². The van der Waals surface area contributed by atoms with Gasteiger partial charge in [0, 0.05) is 10.1 Å². The molecule has 3 rings (SSSR count). The van der Waals surface area contributed by atoms with Gasteiger partial charge in [0.2, 0.25) is 0 Å². The maximum absolute atomic E-state index is 12.3. The topological polar surface area (TPSA) is 68.3 Å². The third-order valence-electron chi connectivity index (χ3n) is 3.85. The number of para-hydroxylation sites is 1. The highest BCUT2D eigenvalue weighted by Crippen LogP contribution is 2.38. The maximum atomic E-state index is 12.3. The second-order valence-corrected chi connectivity index (χ2v) is 6.82. The van der Waals surface area contributed by atoms with Crippen LogP contribution in [-0.2, 0) is 6.54 Å². The van der Waals surface area contributed by atoms with Crippen LogP contribution in [0.4, 0.5) is 5.69 Å². The maximum Gasteiger partial charge on any atom is 0.258 e. The molecule has 0 saturated heterocycles. The van der Waals surface area contributed by atoms with Crippen molar-refractivity contribution in [3.05, 3.63) is 47.9 Å². The molecule has 0 bridgehead atoms. The van der Waals surface area contributed by atoms with Crippen molar-refractivity contribution in [1.29, 1.82) is 0 Å². The summed E-state index contributed by atoms with van der Waals surface area (Å²) in [6.07, 6.45) is 6.58. The molecule has 1 aliphatic rings. The lowest BCUT2D eigenvalue weighted by Gasteiger charge is -2.13. The highest BCUT2D eigenvalue weighted by Gasteiger charge is 2.18. The first-order valence-corrected chi connectivity index (χ1v) is 8.49. The molecule has 1 fully saturated rings. The number of carbonyl (C=O) groups excluding carboxylic acids is 1. The van der Waals surface area contributed by atoms with Gasteiger partial charge in [0.05, 0.1) is 17.8 Å². The number of nitrogens with one attached hydrogen (secondary N) is 1. The number of furan rings is 1. The number of halogens is 1. The van der Waals surface area contributed by atoms with Crippen molar-refractivity contribution in [1.82, 2.24) is 0 Å². The summed E-state index contributed by atoms with van der Waals surface area (Å²) in [5.74, 6) is 0.446. The largest absolute Gasteiger partial charge is 0.467 e. The van der Waals surface area contributed by atoms with E-state index in [0.717, 1.165) is 10.6 Å². The van der Waals surface area contributed by atoms with Crippen LogP contribution in [0.25, 0.3) is 0 Å². The van der Waals surface area contributed by atoms with E-state index in [1.807, 2.05) is 30.0 Å². The van der Waals surface area contributed by atoms with Gasteiger partial charge >= 0.3 is 0 Å². The predicted octanol–water partition coefficient (Wildman–Crippen LogP) is 4.45. The molecular weight excluding hydrogens is 332 g/mol. The van der Waals surface area contributed by atoms with Crippen LogP contribution in [0.15, 0.2) is 45.9 Å². The standard InChI is InChI=1S/C17H20N2O2S.ClH/c18-10-13-9-12(11-21-13)17(20)19-15-7-3-4-8-16(15)22-14-5-1-2-6-14;/h3-4,7-9,11,14H,1-2,5-6,10,18H2,(H,19,20);1H. The van der Waals surface area contributed by atoms with Crippen molar-refractivity contribution >= 4 is 35.8 Å². The van der Waals surface area contributed by atoms with E-state index in [2.05, 4.69) is 11.4 Å². The molecule has 3 N–H and O–H groups in total. The van der Waals surface area contributed by atoms with Crippen LogP contribution in [0, 0.1) is 0 Å². The third-order valence-corrected chi connectivity index (χ3v) is 5.26. The van der Waals surface area contributed by atoms with Gasteiger partial charge in [-0.2, -0.15) is 0 Å². The summed E-state index contributed by atoms with van der Waals surface area (Å²) in [7, 11) is 0. The Labute approximate surface area is 146 Å². The highest BCUT2D eigenvalue weighted by atomic mass is 35.5. The molecule has 4 nitrogen and oxygen atoms in total. The Balaban J connectivity index is 0.00000192. The van der Waals surface area contributed by atoms with Gasteiger partial charge in [-0.3, -0.25) is 4.79 Å². The Morgan fingerprint density at radius 1 is 1.30 bits per heavy atom. The van der Waals surface area contributed by atoms with E-state index < -0.39 is 0 Å². The molecule has 2 aromatic rings. The number of hydrogen-bond acceptors (Lipinski definition) is 4. The highest BCUT2D eigenvalue weighted by molar-refractivity contribution is 8.00. The monoisotopic (exact) mass is 352 g/mol. The lowest BCUT2D eigenvalue weighted by atomic mass is 10.2. The lowest BCUT2D eigenvalue weighted by Crippen LogP contribution is -2.12. The molecule has 1 aromatic carbocycles. The van der Waals surface area contributed by atoms with Crippen LogP contribution < -0.4 is 11.1 Å². The first-order valence-electron chi connectivity index (χ1n) is 7.61. The summed E-state index contributed by atoms with van der Waals surface area (Å²) in [6.45, 7) is 0.293. The number of benzene rings is 1. The average Bonchev–Trinajstić information content (AvgIpc) is 3.20. The number of rotatable bonds is 5. The SMILES string of the molecule is Cl.NCc1cc(C(=O)Nc2ccccc2SC2CCCC2)co1.